The summed E-state index contributed by atoms with van der Waals surface area (Å²) >= 11 is 1.79. The summed E-state index contributed by atoms with van der Waals surface area (Å²) in [5.41, 5.74) is 4.07. The van der Waals surface area contributed by atoms with Gasteiger partial charge in [-0.15, -0.1) is 28.7 Å². The maximum atomic E-state index is 13.3. The minimum absolute atomic E-state index is 0. The highest BCUT2D eigenvalue weighted by Gasteiger charge is 2.22. The van der Waals surface area contributed by atoms with E-state index in [0.717, 1.165) is 41.4 Å². The van der Waals surface area contributed by atoms with Gasteiger partial charge in [0.05, 0.1) is 18.9 Å². The van der Waals surface area contributed by atoms with Crippen LogP contribution in [0.4, 0.5) is 5.69 Å². The van der Waals surface area contributed by atoms with Gasteiger partial charge in [-0.3, -0.25) is 4.79 Å². The first-order chi connectivity index (χ1) is 19.9. The Balaban J connectivity index is 0.00000616. The Morgan fingerprint density at radius 1 is 0.857 bits per heavy atom. The third-order valence-electron chi connectivity index (χ3n) is 7.77. The second-order valence-electron chi connectivity index (χ2n) is 12.5. The Morgan fingerprint density at radius 2 is 1.48 bits per heavy atom. The van der Waals surface area contributed by atoms with Crippen molar-refractivity contribution >= 4 is 40.3 Å². The van der Waals surface area contributed by atoms with Crippen molar-refractivity contribution in [3.63, 3.8) is 0 Å². The summed E-state index contributed by atoms with van der Waals surface area (Å²) in [5, 5.41) is 5.30. The van der Waals surface area contributed by atoms with Crippen LogP contribution in [0.15, 0.2) is 54.1 Å². The Kier molecular flexibility index (Phi) is 17.4. The summed E-state index contributed by atoms with van der Waals surface area (Å²) in [4.78, 5) is 15.5. The van der Waals surface area contributed by atoms with Crippen LogP contribution >= 0.6 is 28.7 Å². The van der Waals surface area contributed by atoms with E-state index in [4.69, 9.17) is 4.74 Å². The molecule has 42 heavy (non-hydrogen) atoms. The minimum atomic E-state index is -0.0633. The third-order valence-corrected chi connectivity index (χ3v) is 8.57. The predicted octanol–water partition coefficient (Wildman–Crippen LogP) is 10.8. The van der Waals surface area contributed by atoms with E-state index in [1.807, 2.05) is 24.3 Å². The maximum Gasteiger partial charge on any atom is 0.228 e. The van der Waals surface area contributed by atoms with E-state index >= 15 is 0 Å². The van der Waals surface area contributed by atoms with Crippen molar-refractivity contribution in [2.45, 2.75) is 123 Å². The molecule has 0 radical (unpaired) electrons. The van der Waals surface area contributed by atoms with Gasteiger partial charge in [0.15, 0.2) is 0 Å². The summed E-state index contributed by atoms with van der Waals surface area (Å²) in [7, 11) is 0. The van der Waals surface area contributed by atoms with Gasteiger partial charge >= 0.3 is 0 Å². The largest absolute Gasteiger partial charge is 0.493 e. The van der Waals surface area contributed by atoms with Crippen LogP contribution in [0, 0.1) is 0 Å². The summed E-state index contributed by atoms with van der Waals surface area (Å²) in [5.74, 6) is 1.83. The topological polar surface area (TPSA) is 41.6 Å². The van der Waals surface area contributed by atoms with Crippen LogP contribution in [0.2, 0.25) is 0 Å². The van der Waals surface area contributed by atoms with E-state index in [9.17, 15) is 4.79 Å². The molecule has 0 aromatic heterocycles. The number of hydrogen-bond donors (Lipinski definition) is 1. The third kappa shape index (κ3) is 13.2. The van der Waals surface area contributed by atoms with Gasteiger partial charge in [-0.1, -0.05) is 135 Å². The number of unbranched alkanes of at least 4 members (excludes halogenated alkanes) is 11. The number of carbonyl (C=O) groups excluding carboxylic acids is 1. The lowest BCUT2D eigenvalue weighted by Crippen LogP contribution is -2.20. The fraction of sp³-hybridized carbons (Fsp3) is 0.583. The number of rotatable bonds is 19. The standard InChI is InChI=1S/C36H54N2O2S.BrH/c1-5-6-7-8-9-10-11-12-13-14-15-18-25-40-35-30(21-19-22-32(35)36(2,3)4)27-34(39)37-33-23-17-16-20-31(33)28-38-24-26-41-29-38;/h16-17,19-24,26H,5-15,18,25,27-29H2,1-4H3,(H,37,39);1H. The normalized spacial score (nSPS) is 12.8. The molecule has 234 valence electrons. The number of thioether (sulfide) groups is 1. The predicted molar refractivity (Wildman–Crippen MR) is 188 cm³/mol. The number of para-hydroxylation sites is 2. The van der Waals surface area contributed by atoms with Crippen molar-refractivity contribution in [1.82, 2.24) is 4.90 Å². The summed E-state index contributed by atoms with van der Waals surface area (Å²) in [6.45, 7) is 10.4. The van der Waals surface area contributed by atoms with Crippen LogP contribution in [0.5, 0.6) is 5.75 Å². The fourth-order valence-electron chi connectivity index (χ4n) is 5.38. The molecule has 1 heterocycles. The van der Waals surface area contributed by atoms with E-state index in [0.29, 0.717) is 13.0 Å². The Bertz CT molecular complexity index is 1080. The molecule has 0 aliphatic carbocycles. The monoisotopic (exact) mass is 658 g/mol. The number of halogens is 1. The lowest BCUT2D eigenvalue weighted by molar-refractivity contribution is -0.115. The summed E-state index contributed by atoms with van der Waals surface area (Å²) in [6.07, 6.45) is 18.3. The Labute approximate surface area is 271 Å². The molecule has 0 spiro atoms. The molecule has 0 unspecified atom stereocenters. The van der Waals surface area contributed by atoms with Crippen LogP contribution < -0.4 is 10.1 Å². The maximum absolute atomic E-state index is 13.3. The van der Waals surface area contributed by atoms with E-state index in [1.165, 1.54) is 76.2 Å². The molecule has 3 rings (SSSR count). The van der Waals surface area contributed by atoms with E-state index < -0.39 is 0 Å². The van der Waals surface area contributed by atoms with Crippen molar-refractivity contribution in [2.75, 3.05) is 17.8 Å². The number of nitrogens with one attached hydrogen (secondary N) is 1. The first kappa shape index (κ1) is 36.3. The van der Waals surface area contributed by atoms with Crippen molar-refractivity contribution in [2.24, 2.45) is 0 Å². The lowest BCUT2D eigenvalue weighted by atomic mass is 9.84. The molecule has 0 saturated carbocycles. The highest BCUT2D eigenvalue weighted by molar-refractivity contribution is 8.93. The molecule has 1 N–H and O–H groups in total. The van der Waals surface area contributed by atoms with Gasteiger partial charge in [0, 0.05) is 24.0 Å². The zero-order valence-corrected chi connectivity index (χ0v) is 29.1. The van der Waals surface area contributed by atoms with Crippen LogP contribution in [0.25, 0.3) is 0 Å². The number of nitrogens with zero attached hydrogens (tertiary/aromatic N) is 1. The molecule has 1 aliphatic rings. The number of carbonyl (C=O) groups is 1. The van der Waals surface area contributed by atoms with Crippen LogP contribution in [-0.2, 0) is 23.2 Å². The van der Waals surface area contributed by atoms with Crippen LogP contribution in [0.3, 0.4) is 0 Å². The van der Waals surface area contributed by atoms with E-state index in [-0.39, 0.29) is 28.3 Å². The molecule has 4 nitrogen and oxygen atoms in total. The number of amides is 1. The zero-order valence-electron chi connectivity index (χ0n) is 26.6. The molecular weight excluding hydrogens is 604 g/mol. The van der Waals surface area contributed by atoms with Gasteiger partial charge in [0.25, 0.3) is 0 Å². The van der Waals surface area contributed by atoms with Gasteiger partial charge in [0.2, 0.25) is 5.91 Å². The number of hydrogen-bond acceptors (Lipinski definition) is 4. The molecule has 0 atom stereocenters. The van der Waals surface area contributed by atoms with E-state index in [2.05, 4.69) is 67.7 Å². The van der Waals surface area contributed by atoms with Gasteiger partial charge in [0.1, 0.15) is 5.75 Å². The Morgan fingerprint density at radius 3 is 2.10 bits per heavy atom. The van der Waals surface area contributed by atoms with Crippen LogP contribution in [0.1, 0.15) is 121 Å². The number of ether oxygens (including phenoxy) is 1. The Hall–Kier alpha value is -1.92. The first-order valence-electron chi connectivity index (χ1n) is 16.0. The zero-order chi connectivity index (χ0) is 29.3. The summed E-state index contributed by atoms with van der Waals surface area (Å²) < 4.78 is 6.45. The molecule has 2 aromatic rings. The smallest absolute Gasteiger partial charge is 0.228 e. The van der Waals surface area contributed by atoms with Gasteiger partial charge in [-0.05, 0) is 34.4 Å². The molecule has 0 bridgehead atoms. The number of anilines is 1. The van der Waals surface area contributed by atoms with Gasteiger partial charge in [-0.25, -0.2) is 0 Å². The lowest BCUT2D eigenvalue weighted by Gasteiger charge is -2.25. The van der Waals surface area contributed by atoms with Crippen molar-refractivity contribution in [1.29, 1.82) is 0 Å². The van der Waals surface area contributed by atoms with Crippen molar-refractivity contribution < 1.29 is 9.53 Å². The quantitative estimate of drug-likeness (QED) is 0.152. The average molecular weight is 660 g/mol. The molecule has 1 amide bonds. The summed E-state index contributed by atoms with van der Waals surface area (Å²) in [6, 6.07) is 14.4. The highest BCUT2D eigenvalue weighted by Crippen LogP contribution is 2.35. The van der Waals surface area contributed by atoms with Gasteiger partial charge in [-0.2, -0.15) is 0 Å². The minimum Gasteiger partial charge on any atom is -0.493 e. The molecular formula is C36H55BrN2O2S. The first-order valence-corrected chi connectivity index (χ1v) is 17.1. The molecule has 6 heteroatoms. The highest BCUT2D eigenvalue weighted by atomic mass is 79.9. The van der Waals surface area contributed by atoms with E-state index in [1.54, 1.807) is 11.8 Å². The fourth-order valence-corrected chi connectivity index (χ4v) is 6.09. The van der Waals surface area contributed by atoms with Gasteiger partial charge < -0.3 is 15.0 Å². The van der Waals surface area contributed by atoms with Crippen molar-refractivity contribution in [3.8, 4) is 5.75 Å². The van der Waals surface area contributed by atoms with Crippen molar-refractivity contribution in [3.05, 3.63) is 70.8 Å². The molecule has 0 saturated heterocycles. The molecule has 0 fully saturated rings. The average Bonchev–Trinajstić information content (AvgIpc) is 3.45. The SMILES string of the molecule is Br.CCCCCCCCCCCCCCOc1c(CC(=O)Nc2ccccc2CN2C=CSC2)cccc1C(C)(C)C. The second-order valence-corrected chi connectivity index (χ2v) is 13.4. The molecule has 2 aromatic carbocycles. The second kappa shape index (κ2) is 20.1. The molecule has 1 aliphatic heterocycles. The van der Waals surface area contributed by atoms with Crippen LogP contribution in [-0.4, -0.2) is 23.3 Å². The number of benzene rings is 2.